The van der Waals surface area contributed by atoms with E-state index in [0.717, 1.165) is 16.7 Å². The number of anilines is 1. The van der Waals surface area contributed by atoms with Crippen LogP contribution >= 0.6 is 0 Å². The Morgan fingerprint density at radius 3 is 2.38 bits per heavy atom. The number of hydrogen-bond donors (Lipinski definition) is 0. The van der Waals surface area contributed by atoms with E-state index in [1.807, 2.05) is 50.2 Å². The normalized spacial score (nSPS) is 15.9. The van der Waals surface area contributed by atoms with Crippen LogP contribution in [0.5, 0.6) is 0 Å². The molecule has 1 atom stereocenters. The summed E-state index contributed by atoms with van der Waals surface area (Å²) in [5, 5.41) is 4.49. The van der Waals surface area contributed by atoms with Crippen LogP contribution in [-0.2, 0) is 0 Å². The van der Waals surface area contributed by atoms with Gasteiger partial charge in [0.05, 0.1) is 17.0 Å². The molecule has 29 heavy (non-hydrogen) atoms. The van der Waals surface area contributed by atoms with Crippen molar-refractivity contribution < 1.29 is 13.7 Å². The molecule has 1 amide bonds. The molecule has 0 bridgehead atoms. The highest BCUT2D eigenvalue weighted by atomic mass is 16.5. The van der Waals surface area contributed by atoms with Crippen LogP contribution in [0.3, 0.4) is 0 Å². The maximum atomic E-state index is 13.5. The standard InChI is InChI=1S/C23H18N2O4/c1-12-9-16-17(10-13(12)2)28-22-19(21(16)26)20(15-7-5-4-6-8-15)25(23(22)27)18-11-14(3)29-24-18/h4-11,20H,1-3H3. The van der Waals surface area contributed by atoms with Gasteiger partial charge in [0.25, 0.3) is 5.91 Å². The molecule has 0 radical (unpaired) electrons. The number of aromatic nitrogens is 1. The summed E-state index contributed by atoms with van der Waals surface area (Å²) in [5.41, 5.74) is 3.33. The van der Waals surface area contributed by atoms with Gasteiger partial charge >= 0.3 is 0 Å². The van der Waals surface area contributed by atoms with Gasteiger partial charge in [-0.3, -0.25) is 14.5 Å². The Labute approximate surface area is 166 Å². The van der Waals surface area contributed by atoms with Gasteiger partial charge in [0, 0.05) is 6.07 Å². The minimum Gasteiger partial charge on any atom is -0.450 e. The van der Waals surface area contributed by atoms with Crippen molar-refractivity contribution in [2.75, 3.05) is 4.90 Å². The van der Waals surface area contributed by atoms with Gasteiger partial charge in [0.1, 0.15) is 11.3 Å². The van der Waals surface area contributed by atoms with Crippen molar-refractivity contribution >= 4 is 22.7 Å². The van der Waals surface area contributed by atoms with Crippen molar-refractivity contribution in [2.24, 2.45) is 0 Å². The summed E-state index contributed by atoms with van der Waals surface area (Å²) in [6.07, 6.45) is 0. The molecule has 0 saturated carbocycles. The van der Waals surface area contributed by atoms with E-state index >= 15 is 0 Å². The van der Waals surface area contributed by atoms with Gasteiger partial charge in [-0.15, -0.1) is 0 Å². The molecule has 1 unspecified atom stereocenters. The molecule has 0 saturated heterocycles. The number of carbonyl (C=O) groups is 1. The molecule has 0 aliphatic carbocycles. The van der Waals surface area contributed by atoms with E-state index < -0.39 is 11.9 Å². The second-order valence-electron chi connectivity index (χ2n) is 7.39. The first-order valence-electron chi connectivity index (χ1n) is 9.35. The molecule has 2 aromatic carbocycles. The molecule has 0 N–H and O–H groups in total. The Hall–Kier alpha value is -3.67. The van der Waals surface area contributed by atoms with Crippen LogP contribution < -0.4 is 10.3 Å². The van der Waals surface area contributed by atoms with Crippen molar-refractivity contribution in [1.29, 1.82) is 0 Å². The summed E-state index contributed by atoms with van der Waals surface area (Å²) < 4.78 is 11.2. The number of nitrogens with zero attached hydrogens (tertiary/aromatic N) is 2. The second kappa shape index (κ2) is 6.17. The predicted molar refractivity (Wildman–Crippen MR) is 108 cm³/mol. The lowest BCUT2D eigenvalue weighted by Crippen LogP contribution is -2.29. The van der Waals surface area contributed by atoms with E-state index in [1.165, 1.54) is 4.90 Å². The highest BCUT2D eigenvalue weighted by molar-refractivity contribution is 6.10. The van der Waals surface area contributed by atoms with Crippen LogP contribution in [0.4, 0.5) is 5.82 Å². The number of fused-ring (bicyclic) bond motifs is 2. The van der Waals surface area contributed by atoms with Gasteiger partial charge in [-0.1, -0.05) is 35.5 Å². The van der Waals surface area contributed by atoms with Gasteiger partial charge in [-0.2, -0.15) is 0 Å². The van der Waals surface area contributed by atoms with Crippen LogP contribution in [0.25, 0.3) is 11.0 Å². The van der Waals surface area contributed by atoms with E-state index in [1.54, 1.807) is 19.1 Å². The highest BCUT2D eigenvalue weighted by Crippen LogP contribution is 2.40. The number of aryl methyl sites for hydroxylation is 3. The summed E-state index contributed by atoms with van der Waals surface area (Å²) in [5.74, 6) is 0.578. The Bertz CT molecular complexity index is 1330. The summed E-state index contributed by atoms with van der Waals surface area (Å²) >= 11 is 0. The third kappa shape index (κ3) is 2.52. The third-order valence-electron chi connectivity index (χ3n) is 5.46. The molecule has 6 heteroatoms. The Balaban J connectivity index is 1.84. The van der Waals surface area contributed by atoms with E-state index in [0.29, 0.717) is 28.1 Å². The molecule has 0 spiro atoms. The average molecular weight is 386 g/mol. The second-order valence-corrected chi connectivity index (χ2v) is 7.39. The van der Waals surface area contributed by atoms with Crippen molar-refractivity contribution in [3.63, 3.8) is 0 Å². The summed E-state index contributed by atoms with van der Waals surface area (Å²) in [6.45, 7) is 5.65. The fraction of sp³-hybridized carbons (Fsp3) is 0.174. The van der Waals surface area contributed by atoms with Gasteiger partial charge in [-0.25, -0.2) is 0 Å². The van der Waals surface area contributed by atoms with Crippen molar-refractivity contribution in [3.8, 4) is 0 Å². The van der Waals surface area contributed by atoms with E-state index in [-0.39, 0.29) is 11.2 Å². The molecular formula is C23H18N2O4. The molecule has 144 valence electrons. The first kappa shape index (κ1) is 17.4. The van der Waals surface area contributed by atoms with Crippen LogP contribution in [-0.4, -0.2) is 11.1 Å². The molecule has 6 nitrogen and oxygen atoms in total. The maximum Gasteiger partial charge on any atom is 0.296 e. The lowest BCUT2D eigenvalue weighted by molar-refractivity contribution is 0.0969. The molecule has 5 rings (SSSR count). The van der Waals surface area contributed by atoms with Crippen LogP contribution in [0.1, 0.15) is 44.6 Å². The minimum absolute atomic E-state index is 0.0558. The average Bonchev–Trinajstić information content (AvgIpc) is 3.26. The van der Waals surface area contributed by atoms with Gasteiger partial charge in [-0.05, 0) is 49.6 Å². The Kier molecular flexibility index (Phi) is 3.71. The fourth-order valence-corrected chi connectivity index (χ4v) is 3.88. The first-order valence-corrected chi connectivity index (χ1v) is 9.35. The summed E-state index contributed by atoms with van der Waals surface area (Å²) in [7, 11) is 0. The summed E-state index contributed by atoms with van der Waals surface area (Å²) in [6, 6.07) is 14.1. The van der Waals surface area contributed by atoms with Crippen molar-refractivity contribution in [3.05, 3.63) is 92.5 Å². The molecular weight excluding hydrogens is 368 g/mol. The smallest absolute Gasteiger partial charge is 0.296 e. The molecule has 0 fully saturated rings. The zero-order valence-corrected chi connectivity index (χ0v) is 16.2. The quantitative estimate of drug-likeness (QED) is 0.508. The molecule has 3 heterocycles. The predicted octanol–water partition coefficient (Wildman–Crippen LogP) is 4.46. The molecule has 1 aliphatic heterocycles. The number of carbonyl (C=O) groups excluding carboxylic acids is 1. The Morgan fingerprint density at radius 2 is 1.69 bits per heavy atom. The number of amides is 1. The van der Waals surface area contributed by atoms with Crippen LogP contribution in [0, 0.1) is 20.8 Å². The lowest BCUT2D eigenvalue weighted by atomic mass is 9.97. The largest absolute Gasteiger partial charge is 0.450 e. The van der Waals surface area contributed by atoms with E-state index in [9.17, 15) is 9.59 Å². The van der Waals surface area contributed by atoms with Gasteiger partial charge in [0.2, 0.25) is 5.76 Å². The molecule has 1 aliphatic rings. The van der Waals surface area contributed by atoms with Crippen molar-refractivity contribution in [2.45, 2.75) is 26.8 Å². The highest BCUT2D eigenvalue weighted by Gasteiger charge is 2.44. The SMILES string of the molecule is Cc1cc(N2C(=O)c3oc4cc(C)c(C)cc4c(=O)c3C2c2ccccc2)no1. The third-order valence-corrected chi connectivity index (χ3v) is 5.46. The minimum atomic E-state index is -0.634. The fourth-order valence-electron chi connectivity index (χ4n) is 3.88. The molecule has 4 aromatic rings. The number of rotatable bonds is 2. The number of benzene rings is 2. The van der Waals surface area contributed by atoms with Crippen LogP contribution in [0.2, 0.25) is 0 Å². The zero-order chi connectivity index (χ0) is 20.3. The lowest BCUT2D eigenvalue weighted by Gasteiger charge is -2.22. The van der Waals surface area contributed by atoms with Gasteiger partial charge < -0.3 is 8.94 Å². The Morgan fingerprint density at radius 1 is 0.966 bits per heavy atom. The van der Waals surface area contributed by atoms with Gasteiger partial charge in [0.15, 0.2) is 11.2 Å². The zero-order valence-electron chi connectivity index (χ0n) is 16.2. The maximum absolute atomic E-state index is 13.5. The monoisotopic (exact) mass is 386 g/mol. The topological polar surface area (TPSA) is 76.6 Å². The van der Waals surface area contributed by atoms with E-state index in [2.05, 4.69) is 5.16 Å². The molecule has 2 aromatic heterocycles. The van der Waals surface area contributed by atoms with Crippen LogP contribution in [0.15, 0.2) is 62.3 Å². The summed E-state index contributed by atoms with van der Waals surface area (Å²) in [4.78, 5) is 28.3. The first-order chi connectivity index (χ1) is 14.0. The van der Waals surface area contributed by atoms with Crippen molar-refractivity contribution in [1.82, 2.24) is 5.16 Å². The number of hydrogen-bond acceptors (Lipinski definition) is 5. The van der Waals surface area contributed by atoms with E-state index in [4.69, 9.17) is 8.94 Å².